The lowest BCUT2D eigenvalue weighted by Gasteiger charge is -2.00. The van der Waals surface area contributed by atoms with Crippen molar-refractivity contribution in [3.05, 3.63) is 54.3 Å². The summed E-state index contributed by atoms with van der Waals surface area (Å²) >= 11 is 0. The Morgan fingerprint density at radius 3 is 2.64 bits per heavy atom. The van der Waals surface area contributed by atoms with Gasteiger partial charge < -0.3 is 4.74 Å². The molecule has 0 saturated carbocycles. The second-order valence-electron chi connectivity index (χ2n) is 3.11. The van der Waals surface area contributed by atoms with Crippen LogP contribution in [-0.4, -0.2) is 7.11 Å². The van der Waals surface area contributed by atoms with Gasteiger partial charge in [-0.25, -0.2) is 0 Å². The minimum atomic E-state index is 1.19. The van der Waals surface area contributed by atoms with Crippen LogP contribution in [0.1, 0.15) is 5.56 Å². The largest absolute Gasteiger partial charge is 0.504 e. The molecule has 0 N–H and O–H groups in total. The molecule has 0 bridgehead atoms. The number of hydrogen-bond donors (Lipinski definition) is 0. The lowest BCUT2D eigenvalue weighted by atomic mass is 10.1. The van der Waals surface area contributed by atoms with Gasteiger partial charge in [0.05, 0.1) is 13.4 Å². The molecule has 2 aromatic rings. The second-order valence-corrected chi connectivity index (χ2v) is 3.11. The summed E-state index contributed by atoms with van der Waals surface area (Å²) in [4.78, 5) is 0. The van der Waals surface area contributed by atoms with Gasteiger partial charge in [-0.1, -0.05) is 42.5 Å². The van der Waals surface area contributed by atoms with Crippen LogP contribution in [0.25, 0.3) is 16.8 Å². The number of fused-ring (bicyclic) bond motifs is 1. The van der Waals surface area contributed by atoms with Crippen LogP contribution in [0.15, 0.2) is 48.7 Å². The third-order valence-corrected chi connectivity index (χ3v) is 2.21. The molecule has 14 heavy (non-hydrogen) atoms. The van der Waals surface area contributed by atoms with E-state index in [2.05, 4.69) is 30.3 Å². The van der Waals surface area contributed by atoms with Gasteiger partial charge in [0.2, 0.25) is 0 Å². The molecule has 0 heterocycles. The van der Waals surface area contributed by atoms with E-state index >= 15 is 0 Å². The third kappa shape index (κ3) is 1.62. The summed E-state index contributed by atoms with van der Waals surface area (Å²) in [6.45, 7) is 0. The first-order valence-electron chi connectivity index (χ1n) is 4.59. The van der Waals surface area contributed by atoms with Crippen LogP contribution >= 0.6 is 0 Å². The second kappa shape index (κ2) is 3.97. The fourth-order valence-electron chi connectivity index (χ4n) is 1.54. The van der Waals surface area contributed by atoms with E-state index in [0.717, 1.165) is 0 Å². The molecule has 2 rings (SSSR count). The van der Waals surface area contributed by atoms with E-state index in [1.165, 1.54) is 16.3 Å². The van der Waals surface area contributed by atoms with Crippen molar-refractivity contribution in [1.82, 2.24) is 0 Å². The molecule has 0 aliphatic heterocycles. The number of rotatable bonds is 2. The Morgan fingerprint density at radius 1 is 1.00 bits per heavy atom. The Balaban J connectivity index is 2.59. The van der Waals surface area contributed by atoms with E-state index < -0.39 is 0 Å². The maximum Gasteiger partial charge on any atom is 0.0830 e. The van der Waals surface area contributed by atoms with Crippen molar-refractivity contribution in [3.8, 4) is 0 Å². The summed E-state index contributed by atoms with van der Waals surface area (Å²) in [7, 11) is 1.65. The lowest BCUT2D eigenvalue weighted by molar-refractivity contribution is 0.341. The summed E-state index contributed by atoms with van der Waals surface area (Å²) in [5.74, 6) is 0. The molecule has 0 aliphatic carbocycles. The van der Waals surface area contributed by atoms with Gasteiger partial charge in [-0.15, -0.1) is 0 Å². The molecule has 2 aromatic carbocycles. The maximum absolute atomic E-state index is 4.91. The smallest absolute Gasteiger partial charge is 0.0830 e. The van der Waals surface area contributed by atoms with Gasteiger partial charge in [0.15, 0.2) is 0 Å². The Morgan fingerprint density at radius 2 is 1.79 bits per heavy atom. The zero-order valence-corrected chi connectivity index (χ0v) is 8.10. The first-order chi connectivity index (χ1) is 6.92. The van der Waals surface area contributed by atoms with E-state index in [1.807, 2.05) is 18.2 Å². The molecule has 0 saturated heterocycles. The third-order valence-electron chi connectivity index (χ3n) is 2.21. The fourth-order valence-corrected chi connectivity index (χ4v) is 1.54. The molecule has 0 aliphatic rings. The first-order valence-corrected chi connectivity index (χ1v) is 4.59. The number of hydrogen-bond acceptors (Lipinski definition) is 1. The molecule has 0 aromatic heterocycles. The highest BCUT2D eigenvalue weighted by molar-refractivity contribution is 5.90. The predicted molar refractivity (Wildman–Crippen MR) is 60.0 cm³/mol. The Labute approximate surface area is 83.6 Å². The highest BCUT2D eigenvalue weighted by Gasteiger charge is 1.95. The van der Waals surface area contributed by atoms with Crippen molar-refractivity contribution in [3.63, 3.8) is 0 Å². The van der Waals surface area contributed by atoms with Crippen LogP contribution in [0, 0.1) is 0 Å². The summed E-state index contributed by atoms with van der Waals surface area (Å²) in [6.07, 6.45) is 3.67. The Hall–Kier alpha value is -1.76. The SMILES string of the molecule is CO/C=C\c1cccc2ccccc12. The van der Waals surface area contributed by atoms with Crippen LogP contribution < -0.4 is 0 Å². The van der Waals surface area contributed by atoms with Gasteiger partial charge in [-0.2, -0.15) is 0 Å². The van der Waals surface area contributed by atoms with Crippen molar-refractivity contribution >= 4 is 16.8 Å². The quantitative estimate of drug-likeness (QED) is 0.649. The minimum absolute atomic E-state index is 1.19. The minimum Gasteiger partial charge on any atom is -0.504 e. The maximum atomic E-state index is 4.91. The highest BCUT2D eigenvalue weighted by atomic mass is 16.5. The van der Waals surface area contributed by atoms with E-state index in [1.54, 1.807) is 13.4 Å². The van der Waals surface area contributed by atoms with Gasteiger partial charge in [-0.05, 0) is 22.4 Å². The van der Waals surface area contributed by atoms with E-state index in [9.17, 15) is 0 Å². The van der Waals surface area contributed by atoms with Gasteiger partial charge in [0, 0.05) is 0 Å². The molecule has 1 heteroatoms. The van der Waals surface area contributed by atoms with Crippen LogP contribution in [0.4, 0.5) is 0 Å². The predicted octanol–water partition coefficient (Wildman–Crippen LogP) is 3.46. The number of benzene rings is 2. The first kappa shape index (κ1) is 8.82. The summed E-state index contributed by atoms with van der Waals surface area (Å²) in [5.41, 5.74) is 1.19. The normalized spacial score (nSPS) is 10.9. The van der Waals surface area contributed by atoms with Crippen molar-refractivity contribution in [2.24, 2.45) is 0 Å². The molecule has 0 atom stereocenters. The van der Waals surface area contributed by atoms with Gasteiger partial charge >= 0.3 is 0 Å². The van der Waals surface area contributed by atoms with E-state index in [-0.39, 0.29) is 0 Å². The van der Waals surface area contributed by atoms with Gasteiger partial charge in [0.1, 0.15) is 0 Å². The molecule has 0 unspecified atom stereocenters. The molecule has 1 nitrogen and oxygen atoms in total. The van der Waals surface area contributed by atoms with Crippen LogP contribution in [0.5, 0.6) is 0 Å². The standard InChI is InChI=1S/C13H12O/c1-14-10-9-12-7-4-6-11-5-2-3-8-13(11)12/h2-10H,1H3/b10-9-. The topological polar surface area (TPSA) is 9.23 Å². The molecule has 70 valence electrons. The van der Waals surface area contributed by atoms with E-state index in [4.69, 9.17) is 4.74 Å². The molecular formula is C13H12O. The molecule has 0 radical (unpaired) electrons. The summed E-state index contributed by atoms with van der Waals surface area (Å²) in [5, 5.41) is 2.51. The number of ether oxygens (including phenoxy) is 1. The average molecular weight is 184 g/mol. The lowest BCUT2D eigenvalue weighted by Crippen LogP contribution is -1.77. The van der Waals surface area contributed by atoms with Crippen molar-refractivity contribution in [2.45, 2.75) is 0 Å². The van der Waals surface area contributed by atoms with Crippen LogP contribution in [0.3, 0.4) is 0 Å². The highest BCUT2D eigenvalue weighted by Crippen LogP contribution is 2.19. The average Bonchev–Trinajstić information content (AvgIpc) is 2.26. The van der Waals surface area contributed by atoms with Gasteiger partial charge in [-0.3, -0.25) is 0 Å². The summed E-state index contributed by atoms with van der Waals surface area (Å²) < 4.78 is 4.91. The monoisotopic (exact) mass is 184 g/mol. The fraction of sp³-hybridized carbons (Fsp3) is 0.0769. The Kier molecular flexibility index (Phi) is 2.50. The van der Waals surface area contributed by atoms with Gasteiger partial charge in [0.25, 0.3) is 0 Å². The van der Waals surface area contributed by atoms with E-state index in [0.29, 0.717) is 0 Å². The molecule has 0 amide bonds. The molecule has 0 fully saturated rings. The zero-order valence-electron chi connectivity index (χ0n) is 8.10. The van der Waals surface area contributed by atoms with Crippen molar-refractivity contribution < 1.29 is 4.74 Å². The summed E-state index contributed by atoms with van der Waals surface area (Å²) in [6, 6.07) is 14.6. The zero-order chi connectivity index (χ0) is 9.80. The van der Waals surface area contributed by atoms with Crippen molar-refractivity contribution in [1.29, 1.82) is 0 Å². The van der Waals surface area contributed by atoms with Crippen molar-refractivity contribution in [2.75, 3.05) is 7.11 Å². The molecular weight excluding hydrogens is 172 g/mol. The van der Waals surface area contributed by atoms with Crippen LogP contribution in [0.2, 0.25) is 0 Å². The van der Waals surface area contributed by atoms with Crippen LogP contribution in [-0.2, 0) is 4.74 Å². The Bertz CT molecular complexity index is 452. The molecule has 0 spiro atoms. The number of methoxy groups -OCH3 is 1.